The molecule has 0 saturated carbocycles. The molecule has 2 aromatic carbocycles. The Labute approximate surface area is 211 Å². The second-order valence-corrected chi connectivity index (χ2v) is 16.1. The first-order chi connectivity index (χ1) is 16.4. The number of hydrogen-bond donors (Lipinski definition) is 1. The van der Waals surface area contributed by atoms with Gasteiger partial charge in [-0.3, -0.25) is 4.90 Å². The topological polar surface area (TPSA) is 76.1 Å². The van der Waals surface area contributed by atoms with E-state index in [1.54, 1.807) is 26.8 Å². The molecule has 1 aliphatic heterocycles. The van der Waals surface area contributed by atoms with Crippen LogP contribution in [-0.2, 0) is 9.16 Å². The molecule has 0 aromatic heterocycles. The highest BCUT2D eigenvalue weighted by atomic mass is 28.4. The Morgan fingerprint density at radius 3 is 2.06 bits per heavy atom. The summed E-state index contributed by atoms with van der Waals surface area (Å²) in [5.41, 5.74) is -0.430. The van der Waals surface area contributed by atoms with Crippen LogP contribution in [0.25, 0.3) is 5.76 Å². The number of anilines is 1. The van der Waals surface area contributed by atoms with Gasteiger partial charge >= 0.3 is 12.1 Å². The fourth-order valence-corrected chi connectivity index (χ4v) is 4.65. The third-order valence-corrected chi connectivity index (χ3v) is 10.7. The van der Waals surface area contributed by atoms with Gasteiger partial charge in [-0.15, -0.1) is 0 Å². The van der Waals surface area contributed by atoms with E-state index in [4.69, 9.17) is 9.16 Å². The molecule has 1 heterocycles. The summed E-state index contributed by atoms with van der Waals surface area (Å²) < 4.78 is 40.7. The standard InChI is InChI=1S/C27H33F2NO5Si/c1-26(2,3)34-24(31)19-13-18(29)14-21-23(19)22(35-36(7,8)27(4,5)6)15-20(30(21)25(32)33)16-9-11-17(28)12-10-16/h9-15,20H,1-8H3,(H,32,33). The van der Waals surface area contributed by atoms with Gasteiger partial charge in [0.05, 0.1) is 22.9 Å². The predicted molar refractivity (Wildman–Crippen MR) is 137 cm³/mol. The van der Waals surface area contributed by atoms with Gasteiger partial charge in [-0.05, 0) is 74.8 Å². The molecule has 2 aromatic rings. The van der Waals surface area contributed by atoms with E-state index in [2.05, 4.69) is 0 Å². The fraction of sp³-hybridized carbons (Fsp3) is 0.407. The normalized spacial score (nSPS) is 16.2. The van der Waals surface area contributed by atoms with Crippen LogP contribution >= 0.6 is 0 Å². The van der Waals surface area contributed by atoms with E-state index in [1.165, 1.54) is 24.3 Å². The average Bonchev–Trinajstić information content (AvgIpc) is 2.70. The predicted octanol–water partition coefficient (Wildman–Crippen LogP) is 7.52. The van der Waals surface area contributed by atoms with Crippen molar-refractivity contribution in [2.75, 3.05) is 4.90 Å². The van der Waals surface area contributed by atoms with Crippen molar-refractivity contribution in [1.29, 1.82) is 0 Å². The maximum absolute atomic E-state index is 14.9. The average molecular weight is 518 g/mol. The molecule has 194 valence electrons. The Morgan fingerprint density at radius 2 is 1.56 bits per heavy atom. The Balaban J connectivity index is 2.33. The number of benzene rings is 2. The van der Waals surface area contributed by atoms with Crippen LogP contribution in [0, 0.1) is 11.6 Å². The molecule has 0 spiro atoms. The molecule has 0 saturated heterocycles. The largest absolute Gasteiger partial charge is 0.543 e. The van der Waals surface area contributed by atoms with E-state index in [0.717, 1.165) is 17.0 Å². The molecule has 1 amide bonds. The minimum Gasteiger partial charge on any atom is -0.543 e. The number of nitrogens with zero attached hydrogens (tertiary/aromatic N) is 1. The lowest BCUT2D eigenvalue weighted by atomic mass is 9.93. The van der Waals surface area contributed by atoms with E-state index in [0.29, 0.717) is 5.56 Å². The molecule has 0 aliphatic carbocycles. The summed E-state index contributed by atoms with van der Waals surface area (Å²) >= 11 is 0. The number of amides is 1. The highest BCUT2D eigenvalue weighted by Crippen LogP contribution is 2.47. The molecular formula is C27H33F2NO5Si. The first kappa shape index (κ1) is 27.4. The van der Waals surface area contributed by atoms with Crippen LogP contribution in [0.3, 0.4) is 0 Å². The summed E-state index contributed by atoms with van der Waals surface area (Å²) in [5.74, 6) is -1.80. The van der Waals surface area contributed by atoms with E-state index in [9.17, 15) is 23.5 Å². The summed E-state index contributed by atoms with van der Waals surface area (Å²) in [7, 11) is -2.51. The van der Waals surface area contributed by atoms with Gasteiger partial charge in [0.2, 0.25) is 8.32 Å². The van der Waals surface area contributed by atoms with E-state index < -0.39 is 43.7 Å². The van der Waals surface area contributed by atoms with Crippen molar-refractivity contribution in [3.05, 3.63) is 70.8 Å². The minimum atomic E-state index is -2.51. The number of hydrogen-bond acceptors (Lipinski definition) is 4. The monoisotopic (exact) mass is 517 g/mol. The van der Waals surface area contributed by atoms with E-state index in [-0.39, 0.29) is 27.6 Å². The van der Waals surface area contributed by atoms with Gasteiger partial charge in [-0.1, -0.05) is 32.9 Å². The molecule has 1 unspecified atom stereocenters. The van der Waals surface area contributed by atoms with E-state index in [1.807, 2.05) is 33.9 Å². The quantitative estimate of drug-likeness (QED) is 0.335. The van der Waals surface area contributed by atoms with Gasteiger partial charge in [-0.2, -0.15) is 0 Å². The van der Waals surface area contributed by atoms with Gasteiger partial charge < -0.3 is 14.3 Å². The van der Waals surface area contributed by atoms with Crippen LogP contribution in [0.2, 0.25) is 18.1 Å². The van der Waals surface area contributed by atoms with Crippen LogP contribution in [0.5, 0.6) is 0 Å². The molecule has 9 heteroatoms. The fourth-order valence-electron chi connectivity index (χ4n) is 3.63. The zero-order chi connectivity index (χ0) is 27.2. The van der Waals surface area contributed by atoms with Crippen molar-refractivity contribution in [3.8, 4) is 0 Å². The maximum atomic E-state index is 14.9. The Morgan fingerprint density at radius 1 is 0.972 bits per heavy atom. The highest BCUT2D eigenvalue weighted by Gasteiger charge is 2.43. The number of carbonyl (C=O) groups is 2. The van der Waals surface area contributed by atoms with Crippen LogP contribution < -0.4 is 4.90 Å². The van der Waals surface area contributed by atoms with Crippen molar-refractivity contribution in [2.45, 2.75) is 71.3 Å². The van der Waals surface area contributed by atoms with Crippen LogP contribution in [-0.4, -0.2) is 31.1 Å². The van der Waals surface area contributed by atoms with Gasteiger partial charge in [0.25, 0.3) is 0 Å². The molecule has 6 nitrogen and oxygen atoms in total. The summed E-state index contributed by atoms with van der Waals surface area (Å²) in [6.45, 7) is 15.2. The zero-order valence-corrected chi connectivity index (χ0v) is 22.9. The van der Waals surface area contributed by atoms with Crippen molar-refractivity contribution in [2.24, 2.45) is 0 Å². The Kier molecular flexibility index (Phi) is 7.11. The maximum Gasteiger partial charge on any atom is 0.412 e. The summed E-state index contributed by atoms with van der Waals surface area (Å²) in [5, 5.41) is 9.95. The van der Waals surface area contributed by atoms with Gasteiger partial charge in [0.1, 0.15) is 23.0 Å². The molecule has 36 heavy (non-hydrogen) atoms. The Hall–Kier alpha value is -3.20. The first-order valence-corrected chi connectivity index (χ1v) is 14.6. The smallest absolute Gasteiger partial charge is 0.412 e. The number of ether oxygens (including phenoxy) is 1. The SMILES string of the molecule is CC(C)(C)OC(=O)c1cc(F)cc2c1C(O[Si](C)(C)C(C)(C)C)=CC(c1ccc(F)cc1)N2C(=O)O. The molecular weight excluding hydrogens is 484 g/mol. The summed E-state index contributed by atoms with van der Waals surface area (Å²) in [4.78, 5) is 26.6. The number of fused-ring (bicyclic) bond motifs is 1. The van der Waals surface area contributed by atoms with Gasteiger partial charge in [0.15, 0.2) is 0 Å². The molecule has 0 fully saturated rings. The van der Waals surface area contributed by atoms with Crippen molar-refractivity contribution >= 4 is 31.8 Å². The molecule has 0 bridgehead atoms. The number of carboxylic acid groups (broad SMARTS) is 1. The van der Waals surface area contributed by atoms with Gasteiger partial charge in [-0.25, -0.2) is 18.4 Å². The van der Waals surface area contributed by atoms with Gasteiger partial charge in [0, 0.05) is 0 Å². The lowest BCUT2D eigenvalue weighted by Crippen LogP contribution is -2.42. The van der Waals surface area contributed by atoms with Crippen LogP contribution in [0.4, 0.5) is 19.3 Å². The first-order valence-electron chi connectivity index (χ1n) is 11.7. The number of carbonyl (C=O) groups excluding carboxylic acids is 1. The Bertz CT molecular complexity index is 1210. The number of esters is 1. The van der Waals surface area contributed by atoms with Crippen LogP contribution in [0.15, 0.2) is 42.5 Å². The van der Waals surface area contributed by atoms with Crippen molar-refractivity contribution in [1.82, 2.24) is 0 Å². The van der Waals surface area contributed by atoms with E-state index >= 15 is 0 Å². The van der Waals surface area contributed by atoms with Crippen molar-refractivity contribution < 1.29 is 32.6 Å². The third kappa shape index (κ3) is 5.61. The zero-order valence-electron chi connectivity index (χ0n) is 21.9. The molecule has 1 N–H and O–H groups in total. The summed E-state index contributed by atoms with van der Waals surface area (Å²) in [6.07, 6.45) is 0.226. The number of halogens is 2. The summed E-state index contributed by atoms with van der Waals surface area (Å²) in [6, 6.07) is 6.55. The molecule has 0 radical (unpaired) electrons. The second kappa shape index (κ2) is 9.35. The molecule has 3 rings (SSSR count). The second-order valence-electron chi connectivity index (χ2n) is 11.4. The van der Waals surface area contributed by atoms with Crippen molar-refractivity contribution in [3.63, 3.8) is 0 Å². The lowest BCUT2D eigenvalue weighted by Gasteiger charge is -2.41. The molecule has 1 aliphatic rings. The minimum absolute atomic E-state index is 0.0473. The highest BCUT2D eigenvalue weighted by molar-refractivity contribution is 6.74. The number of rotatable bonds is 4. The third-order valence-electron chi connectivity index (χ3n) is 6.38. The molecule has 1 atom stereocenters. The lowest BCUT2D eigenvalue weighted by molar-refractivity contribution is 0.00681. The van der Waals surface area contributed by atoms with Crippen LogP contribution in [0.1, 0.15) is 69.1 Å².